The molecule has 0 radical (unpaired) electrons. The van der Waals surface area contributed by atoms with Gasteiger partial charge in [-0.15, -0.1) is 0 Å². The lowest BCUT2D eigenvalue weighted by molar-refractivity contribution is 0.594. The van der Waals surface area contributed by atoms with E-state index in [0.29, 0.717) is 6.54 Å². The van der Waals surface area contributed by atoms with Gasteiger partial charge in [0, 0.05) is 18.8 Å². The minimum atomic E-state index is -3.21. The fourth-order valence-electron chi connectivity index (χ4n) is 3.29. The van der Waals surface area contributed by atoms with Crippen LogP contribution in [0.5, 0.6) is 0 Å². The van der Waals surface area contributed by atoms with Crippen LogP contribution in [-0.4, -0.2) is 15.0 Å². The van der Waals surface area contributed by atoms with Crippen molar-refractivity contribution >= 4 is 15.5 Å². The average Bonchev–Trinajstić information content (AvgIpc) is 2.59. The van der Waals surface area contributed by atoms with Gasteiger partial charge in [-0.1, -0.05) is 55.5 Å². The van der Waals surface area contributed by atoms with Gasteiger partial charge in [-0.2, -0.15) is 0 Å². The van der Waals surface area contributed by atoms with Gasteiger partial charge in [0.2, 0.25) is 0 Å². The topological polar surface area (TPSA) is 49.4 Å². The van der Waals surface area contributed by atoms with E-state index in [1.54, 1.807) is 0 Å². The van der Waals surface area contributed by atoms with E-state index in [1.165, 1.54) is 0 Å². The first-order valence-electron chi connectivity index (χ1n) is 8.96. The zero-order chi connectivity index (χ0) is 18.7. The largest absolute Gasteiger partial charge is 0.368 e. The SMILES string of the molecule is C=C1NCc2cc(CS(=O)(=O)Cc3ccc(C)cc3)ccc2N1CCC. The van der Waals surface area contributed by atoms with Crippen LogP contribution < -0.4 is 10.2 Å². The molecule has 1 heterocycles. The maximum absolute atomic E-state index is 12.6. The molecule has 0 aliphatic carbocycles. The van der Waals surface area contributed by atoms with Crippen molar-refractivity contribution < 1.29 is 8.42 Å². The molecular weight excluding hydrogens is 344 g/mol. The van der Waals surface area contributed by atoms with E-state index in [4.69, 9.17) is 0 Å². The van der Waals surface area contributed by atoms with E-state index < -0.39 is 9.84 Å². The zero-order valence-corrected chi connectivity index (χ0v) is 16.3. The van der Waals surface area contributed by atoms with Crippen LogP contribution in [0, 0.1) is 6.92 Å². The summed E-state index contributed by atoms with van der Waals surface area (Å²) in [6.07, 6.45) is 1.02. The summed E-state index contributed by atoms with van der Waals surface area (Å²) in [5.74, 6) is 1.03. The third-order valence-corrected chi connectivity index (χ3v) is 6.13. The van der Waals surface area contributed by atoms with E-state index in [0.717, 1.165) is 46.7 Å². The molecule has 0 fully saturated rings. The summed E-state index contributed by atoms with van der Waals surface area (Å²) in [5.41, 5.74) is 5.04. The van der Waals surface area contributed by atoms with Gasteiger partial charge in [-0.3, -0.25) is 0 Å². The van der Waals surface area contributed by atoms with Crippen molar-refractivity contribution in [2.45, 2.75) is 38.3 Å². The minimum Gasteiger partial charge on any atom is -0.368 e. The summed E-state index contributed by atoms with van der Waals surface area (Å²) in [6.45, 7) is 9.77. The Kier molecular flexibility index (Phi) is 5.37. The van der Waals surface area contributed by atoms with Crippen molar-refractivity contribution in [3.8, 4) is 0 Å². The molecule has 0 amide bonds. The molecule has 0 atom stereocenters. The number of nitrogens with zero attached hydrogens (tertiary/aromatic N) is 1. The molecule has 2 aromatic rings. The molecule has 26 heavy (non-hydrogen) atoms. The van der Waals surface area contributed by atoms with Crippen molar-refractivity contribution in [2.75, 3.05) is 11.4 Å². The maximum atomic E-state index is 12.6. The van der Waals surface area contributed by atoms with Crippen molar-refractivity contribution in [2.24, 2.45) is 0 Å². The fourth-order valence-corrected chi connectivity index (χ4v) is 4.78. The number of sulfone groups is 1. The number of rotatable bonds is 6. The van der Waals surface area contributed by atoms with Crippen LogP contribution in [0.4, 0.5) is 5.69 Å². The Morgan fingerprint density at radius 1 is 1.08 bits per heavy atom. The standard InChI is InChI=1S/C21H26N2O2S/c1-4-11-23-17(3)22-13-20-12-19(9-10-21(20)23)15-26(24,25)14-18-7-5-16(2)6-8-18/h5-10,12,22H,3-4,11,13-15H2,1-2H3. The molecule has 5 heteroatoms. The highest BCUT2D eigenvalue weighted by atomic mass is 32.2. The molecule has 0 unspecified atom stereocenters. The Balaban J connectivity index is 1.78. The smallest absolute Gasteiger partial charge is 0.158 e. The van der Waals surface area contributed by atoms with Gasteiger partial charge in [0.25, 0.3) is 0 Å². The summed E-state index contributed by atoms with van der Waals surface area (Å²) < 4.78 is 25.2. The summed E-state index contributed by atoms with van der Waals surface area (Å²) in [7, 11) is -3.21. The molecule has 2 aromatic carbocycles. The highest BCUT2D eigenvalue weighted by Gasteiger charge is 2.20. The molecule has 0 saturated carbocycles. The van der Waals surface area contributed by atoms with Crippen LogP contribution in [-0.2, 0) is 27.9 Å². The number of aryl methyl sites for hydroxylation is 1. The zero-order valence-electron chi connectivity index (χ0n) is 15.5. The second-order valence-corrected chi connectivity index (χ2v) is 9.00. The van der Waals surface area contributed by atoms with Crippen LogP contribution in [0.2, 0.25) is 0 Å². The molecule has 4 nitrogen and oxygen atoms in total. The molecule has 0 saturated heterocycles. The van der Waals surface area contributed by atoms with Gasteiger partial charge in [-0.05, 0) is 36.1 Å². The predicted octanol–water partition coefficient (Wildman–Crippen LogP) is 3.90. The van der Waals surface area contributed by atoms with Gasteiger partial charge >= 0.3 is 0 Å². The summed E-state index contributed by atoms with van der Waals surface area (Å²) in [5, 5.41) is 3.29. The Morgan fingerprint density at radius 2 is 1.73 bits per heavy atom. The lowest BCUT2D eigenvalue weighted by Crippen LogP contribution is -2.36. The van der Waals surface area contributed by atoms with Crippen molar-refractivity contribution in [1.82, 2.24) is 5.32 Å². The van der Waals surface area contributed by atoms with Gasteiger partial charge < -0.3 is 10.2 Å². The number of fused-ring (bicyclic) bond motifs is 1. The van der Waals surface area contributed by atoms with Crippen molar-refractivity contribution in [1.29, 1.82) is 0 Å². The number of hydrogen-bond acceptors (Lipinski definition) is 4. The first-order chi connectivity index (χ1) is 12.4. The molecule has 1 aliphatic heterocycles. The normalized spacial score (nSPS) is 14.1. The van der Waals surface area contributed by atoms with Crippen LogP contribution in [0.1, 0.15) is 35.6 Å². The third kappa shape index (κ3) is 4.28. The van der Waals surface area contributed by atoms with Gasteiger partial charge in [-0.25, -0.2) is 8.42 Å². The van der Waals surface area contributed by atoms with Crippen LogP contribution in [0.25, 0.3) is 0 Å². The number of anilines is 1. The van der Waals surface area contributed by atoms with E-state index in [2.05, 4.69) is 23.7 Å². The minimum absolute atomic E-state index is 0.0584. The Morgan fingerprint density at radius 3 is 2.42 bits per heavy atom. The van der Waals surface area contributed by atoms with Crippen LogP contribution in [0.15, 0.2) is 54.9 Å². The van der Waals surface area contributed by atoms with Gasteiger partial charge in [0.15, 0.2) is 9.84 Å². The fraction of sp³-hybridized carbons (Fsp3) is 0.333. The first-order valence-corrected chi connectivity index (χ1v) is 10.8. The second kappa shape index (κ2) is 7.54. The molecule has 0 aromatic heterocycles. The quantitative estimate of drug-likeness (QED) is 0.838. The predicted molar refractivity (Wildman–Crippen MR) is 108 cm³/mol. The molecule has 138 valence electrons. The van der Waals surface area contributed by atoms with Gasteiger partial charge in [0.05, 0.1) is 17.3 Å². The highest BCUT2D eigenvalue weighted by molar-refractivity contribution is 7.89. The number of hydrogen-bond donors (Lipinski definition) is 1. The van der Waals surface area contributed by atoms with Crippen LogP contribution in [0.3, 0.4) is 0 Å². The Hall–Kier alpha value is -2.27. The number of nitrogens with one attached hydrogen (secondary N) is 1. The first kappa shape index (κ1) is 18.5. The lowest BCUT2D eigenvalue weighted by atomic mass is 10.1. The third-order valence-electron chi connectivity index (χ3n) is 4.58. The highest BCUT2D eigenvalue weighted by Crippen LogP contribution is 2.29. The number of benzene rings is 2. The monoisotopic (exact) mass is 370 g/mol. The Bertz CT molecular complexity index is 902. The molecular formula is C21H26N2O2S. The average molecular weight is 371 g/mol. The van der Waals surface area contributed by atoms with E-state index in [9.17, 15) is 8.42 Å². The molecule has 1 aliphatic rings. The van der Waals surface area contributed by atoms with Crippen LogP contribution >= 0.6 is 0 Å². The summed E-state index contributed by atoms with van der Waals surface area (Å²) in [6, 6.07) is 13.6. The molecule has 0 spiro atoms. The Labute approximate surface area is 156 Å². The van der Waals surface area contributed by atoms with E-state index in [-0.39, 0.29) is 11.5 Å². The van der Waals surface area contributed by atoms with E-state index >= 15 is 0 Å². The lowest BCUT2D eigenvalue weighted by Gasteiger charge is -2.34. The molecule has 3 rings (SSSR count). The molecule has 0 bridgehead atoms. The second-order valence-electron chi connectivity index (χ2n) is 6.93. The van der Waals surface area contributed by atoms with E-state index in [1.807, 2.05) is 49.4 Å². The van der Waals surface area contributed by atoms with Gasteiger partial charge in [0.1, 0.15) is 0 Å². The maximum Gasteiger partial charge on any atom is 0.158 e. The molecule has 1 N–H and O–H groups in total. The van der Waals surface area contributed by atoms with Crippen molar-refractivity contribution in [3.63, 3.8) is 0 Å². The summed E-state index contributed by atoms with van der Waals surface area (Å²) in [4.78, 5) is 2.16. The summed E-state index contributed by atoms with van der Waals surface area (Å²) >= 11 is 0. The van der Waals surface area contributed by atoms with Crippen molar-refractivity contribution in [3.05, 3.63) is 77.1 Å².